The van der Waals surface area contributed by atoms with Gasteiger partial charge >= 0.3 is 5.97 Å². The van der Waals surface area contributed by atoms with Crippen molar-refractivity contribution < 1.29 is 19.5 Å². The van der Waals surface area contributed by atoms with Crippen molar-refractivity contribution in [1.82, 2.24) is 15.6 Å². The molecule has 3 rings (SSSR count). The number of aliphatic imine (C=N–C) groups is 1. The van der Waals surface area contributed by atoms with Crippen molar-refractivity contribution in [2.24, 2.45) is 4.99 Å². The molecule has 174 valence electrons. The summed E-state index contributed by atoms with van der Waals surface area (Å²) >= 11 is 6.27. The zero-order chi connectivity index (χ0) is 23.6. The van der Waals surface area contributed by atoms with Crippen LogP contribution >= 0.6 is 11.6 Å². The van der Waals surface area contributed by atoms with E-state index < -0.39 is 23.8 Å². The summed E-state index contributed by atoms with van der Waals surface area (Å²) in [5, 5.41) is 18.0. The molecule has 10 heteroatoms. The Hall–Kier alpha value is -3.46. The lowest BCUT2D eigenvalue weighted by atomic mass is 10.1. The number of rotatable bonds is 8. The summed E-state index contributed by atoms with van der Waals surface area (Å²) in [6.45, 7) is 0.390. The van der Waals surface area contributed by atoms with E-state index in [1.807, 2.05) is 0 Å². The monoisotopic (exact) mass is 471 g/mol. The fraction of sp³-hybridized carbons (Fsp3) is 0.348. The lowest BCUT2D eigenvalue weighted by Gasteiger charge is -2.15. The van der Waals surface area contributed by atoms with Crippen LogP contribution in [0.4, 0.5) is 5.69 Å². The van der Waals surface area contributed by atoms with E-state index in [9.17, 15) is 19.5 Å². The van der Waals surface area contributed by atoms with Crippen LogP contribution in [-0.2, 0) is 16.0 Å². The number of anilines is 1. The van der Waals surface area contributed by atoms with Crippen LogP contribution in [-0.4, -0.2) is 52.8 Å². The Morgan fingerprint density at radius 2 is 2.00 bits per heavy atom. The Kier molecular flexibility index (Phi) is 8.77. The van der Waals surface area contributed by atoms with Crippen LogP contribution < -0.4 is 16.0 Å². The summed E-state index contributed by atoms with van der Waals surface area (Å²) in [6.07, 6.45) is 7.23. The van der Waals surface area contributed by atoms with Crippen LogP contribution in [0.3, 0.4) is 0 Å². The first-order valence-corrected chi connectivity index (χ1v) is 11.1. The normalized spacial score (nSPS) is 14.4. The van der Waals surface area contributed by atoms with Crippen molar-refractivity contribution in [3.8, 4) is 0 Å². The number of amides is 2. The molecule has 2 heterocycles. The average Bonchev–Trinajstić information content (AvgIpc) is 3.08. The van der Waals surface area contributed by atoms with Gasteiger partial charge in [-0.15, -0.1) is 0 Å². The van der Waals surface area contributed by atoms with Crippen molar-refractivity contribution in [1.29, 1.82) is 0 Å². The molecule has 1 aromatic heterocycles. The van der Waals surface area contributed by atoms with Gasteiger partial charge in [0.05, 0.1) is 17.3 Å². The Bertz CT molecular complexity index is 1030. The molecule has 1 aliphatic heterocycles. The zero-order valence-corrected chi connectivity index (χ0v) is 18.8. The van der Waals surface area contributed by atoms with Gasteiger partial charge in [-0.25, -0.2) is 4.79 Å². The van der Waals surface area contributed by atoms with Gasteiger partial charge in [0.15, 0.2) is 0 Å². The molecule has 1 aliphatic rings. The molecule has 2 amide bonds. The van der Waals surface area contributed by atoms with Gasteiger partial charge in [-0.3, -0.25) is 19.6 Å². The van der Waals surface area contributed by atoms with E-state index in [0.717, 1.165) is 38.1 Å². The summed E-state index contributed by atoms with van der Waals surface area (Å²) in [5.41, 5.74) is 1.56. The predicted octanol–water partition coefficient (Wildman–Crippen LogP) is 2.66. The number of carboxylic acid groups (broad SMARTS) is 1. The fourth-order valence-electron chi connectivity index (χ4n) is 3.36. The number of amidine groups is 1. The van der Waals surface area contributed by atoms with Gasteiger partial charge in [0.1, 0.15) is 11.9 Å². The second kappa shape index (κ2) is 12.0. The van der Waals surface area contributed by atoms with Crippen molar-refractivity contribution in [2.75, 3.05) is 18.4 Å². The standard InChI is InChI=1S/C23H26ClN5O4/c24-17-8-7-16(12-18(17)28-20-6-2-1-3-10-26-20)22(31)27-14-21(30)29-19(23(32)33)11-15-5-4-9-25-13-15/h4-5,7-9,12-13,19H,1-3,6,10-11,14H2,(H,26,28)(H,27,31)(H,29,30)(H,32,33). The minimum absolute atomic E-state index is 0.0823. The first-order chi connectivity index (χ1) is 15.9. The Morgan fingerprint density at radius 3 is 2.76 bits per heavy atom. The molecule has 0 radical (unpaired) electrons. The van der Waals surface area contributed by atoms with Crippen LogP contribution in [0.15, 0.2) is 47.7 Å². The zero-order valence-electron chi connectivity index (χ0n) is 18.0. The van der Waals surface area contributed by atoms with Crippen LogP contribution in [0.2, 0.25) is 5.02 Å². The SMILES string of the molecule is O=C(CNC(=O)c1ccc(Cl)c(NC2=NCCCCC2)c1)NC(Cc1cccnc1)C(=O)O. The van der Waals surface area contributed by atoms with Crippen molar-refractivity contribution in [2.45, 2.75) is 38.1 Å². The number of aromatic nitrogens is 1. The number of pyridine rings is 1. The molecule has 1 aromatic carbocycles. The molecule has 0 aliphatic carbocycles. The average molecular weight is 472 g/mol. The quantitative estimate of drug-likeness (QED) is 0.468. The highest BCUT2D eigenvalue weighted by Gasteiger charge is 2.21. The fourth-order valence-corrected chi connectivity index (χ4v) is 3.52. The first-order valence-electron chi connectivity index (χ1n) is 10.7. The number of nitrogens with zero attached hydrogens (tertiary/aromatic N) is 2. The molecule has 0 fully saturated rings. The molecule has 0 spiro atoms. The van der Waals surface area contributed by atoms with E-state index in [2.05, 4.69) is 25.9 Å². The van der Waals surface area contributed by atoms with Crippen LogP contribution in [0, 0.1) is 0 Å². The first kappa shape index (κ1) is 24.2. The second-order valence-corrected chi connectivity index (χ2v) is 8.07. The highest BCUT2D eigenvalue weighted by molar-refractivity contribution is 6.34. The molecular weight excluding hydrogens is 446 g/mol. The molecule has 33 heavy (non-hydrogen) atoms. The van der Waals surface area contributed by atoms with Crippen molar-refractivity contribution in [3.05, 3.63) is 58.9 Å². The van der Waals surface area contributed by atoms with Gasteiger partial charge in [0.25, 0.3) is 5.91 Å². The molecular formula is C23H26ClN5O4. The van der Waals surface area contributed by atoms with E-state index in [-0.39, 0.29) is 13.0 Å². The minimum atomic E-state index is -1.17. The van der Waals surface area contributed by atoms with Gasteiger partial charge < -0.3 is 21.1 Å². The maximum Gasteiger partial charge on any atom is 0.326 e. The maximum absolute atomic E-state index is 12.6. The van der Waals surface area contributed by atoms with Gasteiger partial charge in [0.2, 0.25) is 5.91 Å². The topological polar surface area (TPSA) is 133 Å². The molecule has 0 saturated heterocycles. The van der Waals surface area contributed by atoms with Gasteiger partial charge in [-0.1, -0.05) is 24.1 Å². The predicted molar refractivity (Wildman–Crippen MR) is 126 cm³/mol. The van der Waals surface area contributed by atoms with Crippen molar-refractivity contribution in [3.63, 3.8) is 0 Å². The Labute approximate surface area is 196 Å². The van der Waals surface area contributed by atoms with E-state index in [1.54, 1.807) is 36.5 Å². The highest BCUT2D eigenvalue weighted by atomic mass is 35.5. The number of benzene rings is 1. The maximum atomic E-state index is 12.6. The van der Waals surface area contributed by atoms with Crippen LogP contribution in [0.5, 0.6) is 0 Å². The van der Waals surface area contributed by atoms with E-state index in [0.29, 0.717) is 21.8 Å². The van der Waals surface area contributed by atoms with Crippen LogP contribution in [0.25, 0.3) is 0 Å². The minimum Gasteiger partial charge on any atom is -0.480 e. The largest absolute Gasteiger partial charge is 0.480 e. The third-order valence-corrected chi connectivity index (χ3v) is 5.42. The summed E-state index contributed by atoms with van der Waals surface area (Å²) < 4.78 is 0. The Morgan fingerprint density at radius 1 is 1.15 bits per heavy atom. The number of carbonyl (C=O) groups is 3. The number of hydrogen-bond acceptors (Lipinski definition) is 6. The number of nitrogens with one attached hydrogen (secondary N) is 3. The number of carbonyl (C=O) groups excluding carboxylic acids is 2. The lowest BCUT2D eigenvalue weighted by molar-refractivity contribution is -0.141. The molecule has 9 nitrogen and oxygen atoms in total. The molecule has 1 unspecified atom stereocenters. The highest BCUT2D eigenvalue weighted by Crippen LogP contribution is 2.24. The molecule has 2 aromatic rings. The van der Waals surface area contributed by atoms with E-state index in [1.165, 1.54) is 6.20 Å². The Balaban J connectivity index is 1.56. The third-order valence-electron chi connectivity index (χ3n) is 5.09. The summed E-state index contributed by atoms with van der Waals surface area (Å²) in [6, 6.07) is 7.04. The second-order valence-electron chi connectivity index (χ2n) is 7.67. The summed E-state index contributed by atoms with van der Waals surface area (Å²) in [4.78, 5) is 44.7. The number of aliphatic carboxylic acids is 1. The van der Waals surface area contributed by atoms with Gasteiger partial charge in [-0.05, 0) is 42.7 Å². The molecule has 0 bridgehead atoms. The molecule has 0 saturated carbocycles. The lowest BCUT2D eigenvalue weighted by Crippen LogP contribution is -2.46. The van der Waals surface area contributed by atoms with E-state index in [4.69, 9.17) is 11.6 Å². The van der Waals surface area contributed by atoms with E-state index >= 15 is 0 Å². The van der Waals surface area contributed by atoms with Gasteiger partial charge in [0, 0.05) is 37.3 Å². The van der Waals surface area contributed by atoms with Crippen molar-refractivity contribution >= 4 is 40.9 Å². The van der Waals surface area contributed by atoms with Crippen LogP contribution in [0.1, 0.15) is 41.6 Å². The number of hydrogen-bond donors (Lipinski definition) is 4. The smallest absolute Gasteiger partial charge is 0.326 e. The summed E-state index contributed by atoms with van der Waals surface area (Å²) in [5.74, 6) is -1.43. The third kappa shape index (κ3) is 7.57. The number of carboxylic acids is 1. The molecule has 4 N–H and O–H groups in total. The van der Waals surface area contributed by atoms with Gasteiger partial charge in [-0.2, -0.15) is 0 Å². The molecule has 1 atom stereocenters. The number of halogens is 1. The summed E-state index contributed by atoms with van der Waals surface area (Å²) in [7, 11) is 0.